The summed E-state index contributed by atoms with van der Waals surface area (Å²) < 4.78 is 13.8. The average molecular weight is 337 g/mol. The van der Waals surface area contributed by atoms with Crippen molar-refractivity contribution >= 4 is 44.5 Å². The Bertz CT molecular complexity index is 934. The van der Waals surface area contributed by atoms with Crippen LogP contribution >= 0.6 is 22.9 Å². The quantitative estimate of drug-likeness (QED) is 0.746. The van der Waals surface area contributed by atoms with Crippen LogP contribution in [0, 0.1) is 0 Å². The highest BCUT2D eigenvalue weighted by Gasteiger charge is 2.20. The number of halogens is 2. The fraction of sp³-hybridized carbons (Fsp3) is 0.0714. The third-order valence-corrected chi connectivity index (χ3v) is 4.20. The van der Waals surface area contributed by atoms with Gasteiger partial charge in [-0.25, -0.2) is 4.39 Å². The van der Waals surface area contributed by atoms with E-state index in [1.54, 1.807) is 24.3 Å². The van der Waals surface area contributed by atoms with Crippen molar-refractivity contribution < 1.29 is 9.18 Å². The molecule has 8 heteroatoms. The fourth-order valence-corrected chi connectivity index (χ4v) is 3.01. The van der Waals surface area contributed by atoms with Crippen molar-refractivity contribution in [3.63, 3.8) is 0 Å². The number of ketones is 1. The van der Waals surface area contributed by atoms with E-state index in [9.17, 15) is 14.0 Å². The van der Waals surface area contributed by atoms with Gasteiger partial charge in [-0.3, -0.25) is 9.59 Å². The van der Waals surface area contributed by atoms with Crippen molar-refractivity contribution in [3.05, 3.63) is 50.7 Å². The van der Waals surface area contributed by atoms with Crippen LogP contribution in [0.2, 0.25) is 5.02 Å². The van der Waals surface area contributed by atoms with Gasteiger partial charge in [0.1, 0.15) is 5.69 Å². The summed E-state index contributed by atoms with van der Waals surface area (Å²) in [5.41, 5.74) is 5.64. The second kappa shape index (κ2) is 5.51. The molecule has 2 aromatic heterocycles. The molecule has 0 radical (unpaired) electrons. The Hall–Kier alpha value is -2.25. The first-order valence-corrected chi connectivity index (χ1v) is 7.44. The minimum atomic E-state index is -1.20. The minimum absolute atomic E-state index is 0.111. The van der Waals surface area contributed by atoms with Gasteiger partial charge in [-0.1, -0.05) is 11.6 Å². The summed E-state index contributed by atoms with van der Waals surface area (Å²) in [6, 6.07) is 6.33. The topological polar surface area (TPSA) is 78.0 Å². The van der Waals surface area contributed by atoms with Crippen molar-refractivity contribution in [1.29, 1.82) is 0 Å². The van der Waals surface area contributed by atoms with E-state index in [4.69, 9.17) is 17.3 Å². The van der Waals surface area contributed by atoms with Crippen LogP contribution < -0.4 is 11.3 Å². The first-order chi connectivity index (χ1) is 10.5. The highest BCUT2D eigenvalue weighted by Crippen LogP contribution is 2.27. The molecule has 0 unspecified atom stereocenters. The van der Waals surface area contributed by atoms with Gasteiger partial charge in [-0.05, 0) is 24.3 Å². The summed E-state index contributed by atoms with van der Waals surface area (Å²) in [6.07, 6.45) is 0. The number of fused-ring (bicyclic) bond motifs is 1. The van der Waals surface area contributed by atoms with Crippen LogP contribution in [0.25, 0.3) is 16.5 Å². The molecule has 112 valence electrons. The number of nitrogen functional groups attached to an aromatic ring is 1. The van der Waals surface area contributed by atoms with Gasteiger partial charge in [0.25, 0.3) is 5.56 Å². The predicted octanol–water partition coefficient (Wildman–Crippen LogP) is 2.84. The van der Waals surface area contributed by atoms with Crippen LogP contribution in [0.5, 0.6) is 0 Å². The lowest BCUT2D eigenvalue weighted by molar-refractivity contribution is 0.0954. The molecule has 0 saturated carbocycles. The minimum Gasteiger partial charge on any atom is -0.390 e. The Balaban J connectivity index is 2.38. The predicted molar refractivity (Wildman–Crippen MR) is 84.9 cm³/mol. The molecule has 0 aliphatic rings. The number of rotatable bonds is 3. The maximum atomic E-state index is 12.8. The maximum Gasteiger partial charge on any atom is 0.282 e. The molecule has 3 aromatic rings. The summed E-state index contributed by atoms with van der Waals surface area (Å²) >= 11 is 6.93. The van der Waals surface area contributed by atoms with Gasteiger partial charge in [-0.2, -0.15) is 9.78 Å². The molecule has 0 amide bonds. The number of hydrogen-bond donors (Lipinski definition) is 1. The molecule has 0 aliphatic heterocycles. The van der Waals surface area contributed by atoms with E-state index >= 15 is 0 Å². The Labute approximate surface area is 132 Å². The Kier molecular flexibility index (Phi) is 3.67. The number of nitrogens with zero attached hydrogens (tertiary/aromatic N) is 2. The third kappa shape index (κ3) is 2.28. The number of carbonyl (C=O) groups excluding carboxylic acids is 1. The van der Waals surface area contributed by atoms with Gasteiger partial charge in [-0.15, -0.1) is 11.3 Å². The van der Waals surface area contributed by atoms with Crippen molar-refractivity contribution in [3.8, 4) is 5.69 Å². The molecule has 3 rings (SSSR count). The van der Waals surface area contributed by atoms with Crippen molar-refractivity contribution in [2.45, 2.75) is 0 Å². The van der Waals surface area contributed by atoms with E-state index < -0.39 is 18.0 Å². The molecule has 0 saturated heterocycles. The van der Waals surface area contributed by atoms with Crippen LogP contribution in [-0.2, 0) is 0 Å². The number of hydrogen-bond acceptors (Lipinski definition) is 5. The van der Waals surface area contributed by atoms with Gasteiger partial charge in [0.15, 0.2) is 6.67 Å². The van der Waals surface area contributed by atoms with Crippen LogP contribution in [0.15, 0.2) is 34.4 Å². The van der Waals surface area contributed by atoms with E-state index in [1.165, 1.54) is 5.38 Å². The zero-order valence-electron chi connectivity index (χ0n) is 11.0. The number of thiophene rings is 1. The maximum absolute atomic E-state index is 12.8. The first kappa shape index (κ1) is 14.7. The van der Waals surface area contributed by atoms with Gasteiger partial charge < -0.3 is 5.73 Å². The number of Topliss-reactive ketones (excluding diaryl/α,β-unsaturated/α-hetero) is 1. The Morgan fingerprint density at radius 1 is 1.36 bits per heavy atom. The average Bonchev–Trinajstić information content (AvgIpc) is 2.91. The molecule has 5 nitrogen and oxygen atoms in total. The molecule has 0 bridgehead atoms. The van der Waals surface area contributed by atoms with Gasteiger partial charge in [0, 0.05) is 15.8 Å². The zero-order chi connectivity index (χ0) is 15.9. The van der Waals surface area contributed by atoms with Crippen molar-refractivity contribution in [2.75, 3.05) is 12.4 Å². The molecule has 1 aromatic carbocycles. The lowest BCUT2D eigenvalue weighted by atomic mass is 10.1. The number of aromatic nitrogens is 2. The lowest BCUT2D eigenvalue weighted by Gasteiger charge is -2.08. The van der Waals surface area contributed by atoms with Crippen molar-refractivity contribution in [1.82, 2.24) is 9.78 Å². The molecular formula is C14H9ClFN3O2S. The third-order valence-electron chi connectivity index (χ3n) is 3.14. The largest absolute Gasteiger partial charge is 0.390 e. The molecule has 22 heavy (non-hydrogen) atoms. The number of alkyl halides is 1. The molecule has 0 atom stereocenters. The summed E-state index contributed by atoms with van der Waals surface area (Å²) in [6.45, 7) is -1.20. The van der Waals surface area contributed by atoms with E-state index in [-0.39, 0.29) is 21.5 Å². The number of nitrogens with two attached hydrogens (primary N) is 1. The van der Waals surface area contributed by atoms with E-state index in [0.717, 1.165) is 16.0 Å². The molecule has 0 aliphatic carbocycles. The summed E-state index contributed by atoms with van der Waals surface area (Å²) in [5, 5.41) is 6.75. The number of benzene rings is 1. The van der Waals surface area contributed by atoms with Crippen LogP contribution in [0.4, 0.5) is 9.39 Å². The normalized spacial score (nSPS) is 11.0. The summed E-state index contributed by atoms with van der Waals surface area (Å²) in [4.78, 5) is 24.3. The van der Waals surface area contributed by atoms with Gasteiger partial charge >= 0.3 is 0 Å². The smallest absolute Gasteiger partial charge is 0.282 e. The second-order valence-corrected chi connectivity index (χ2v) is 5.84. The highest BCUT2D eigenvalue weighted by atomic mass is 35.5. The van der Waals surface area contributed by atoms with E-state index in [1.807, 2.05) is 0 Å². The highest BCUT2D eigenvalue weighted by molar-refractivity contribution is 7.15. The monoisotopic (exact) mass is 336 g/mol. The number of carbonyl (C=O) groups is 1. The molecule has 0 spiro atoms. The summed E-state index contributed by atoms with van der Waals surface area (Å²) in [5.74, 6) is -0.800. The van der Waals surface area contributed by atoms with E-state index in [0.29, 0.717) is 10.7 Å². The standard InChI is InChI=1S/C14H9ClFN3O2S/c15-7-1-3-8(4-2-7)19-14(21)11-9(6-22-13(11)17)12(18-19)10(20)5-16/h1-4,6H,5,17H2/i16-1. The summed E-state index contributed by atoms with van der Waals surface area (Å²) in [7, 11) is 0. The Morgan fingerprint density at radius 2 is 2.05 bits per heavy atom. The number of anilines is 1. The molecular weight excluding hydrogens is 328 g/mol. The second-order valence-electron chi connectivity index (χ2n) is 4.49. The van der Waals surface area contributed by atoms with E-state index in [2.05, 4.69) is 5.10 Å². The fourth-order valence-electron chi connectivity index (χ4n) is 2.10. The Morgan fingerprint density at radius 3 is 2.68 bits per heavy atom. The SMILES string of the molecule is Nc1scc2c(C(=O)C[18F])nn(-c3ccc(Cl)cc3)c(=O)c12. The van der Waals surface area contributed by atoms with Gasteiger partial charge in [0.05, 0.1) is 16.1 Å². The van der Waals surface area contributed by atoms with Crippen LogP contribution in [0.3, 0.4) is 0 Å². The molecule has 2 N–H and O–H groups in total. The van der Waals surface area contributed by atoms with Crippen LogP contribution in [-0.4, -0.2) is 22.2 Å². The van der Waals surface area contributed by atoms with Crippen LogP contribution in [0.1, 0.15) is 10.5 Å². The molecule has 2 heterocycles. The van der Waals surface area contributed by atoms with Gasteiger partial charge in [0.2, 0.25) is 5.78 Å². The van der Waals surface area contributed by atoms with Crippen molar-refractivity contribution in [2.24, 2.45) is 0 Å². The molecule has 0 fully saturated rings. The lowest BCUT2D eigenvalue weighted by Crippen LogP contribution is -2.24. The zero-order valence-corrected chi connectivity index (χ0v) is 12.6. The first-order valence-electron chi connectivity index (χ1n) is 6.18.